The Morgan fingerprint density at radius 1 is 1.47 bits per heavy atom. The minimum Gasteiger partial charge on any atom is -0.487 e. The largest absolute Gasteiger partial charge is 0.487 e. The summed E-state index contributed by atoms with van der Waals surface area (Å²) >= 11 is 0. The number of aryl methyl sites for hydroxylation is 1. The van der Waals surface area contributed by atoms with Crippen LogP contribution < -0.4 is 10.5 Å². The number of nitrogens with two attached hydrogens (primary N) is 1. The van der Waals surface area contributed by atoms with Gasteiger partial charge in [-0.3, -0.25) is 0 Å². The molecule has 0 aliphatic heterocycles. The molecule has 0 atom stereocenters. The molecule has 0 unspecified atom stereocenters. The summed E-state index contributed by atoms with van der Waals surface area (Å²) < 4.78 is 53.7. The standard InChI is InChI=1S/C11H11F4NO3/c1-5-2-6(3-7(8(5)16)9(17)18)19-4-11(14,15)10(12)13/h2-3,10H,4,16H2,1H3,(H,17,18). The maximum absolute atomic E-state index is 12.7. The lowest BCUT2D eigenvalue weighted by molar-refractivity contribution is -0.148. The van der Waals surface area contributed by atoms with Gasteiger partial charge in [0.05, 0.1) is 5.56 Å². The van der Waals surface area contributed by atoms with Crippen molar-refractivity contribution in [2.75, 3.05) is 12.3 Å². The maximum Gasteiger partial charge on any atom is 0.340 e. The van der Waals surface area contributed by atoms with Gasteiger partial charge in [-0.05, 0) is 24.6 Å². The number of aromatic carboxylic acids is 1. The van der Waals surface area contributed by atoms with Crippen LogP contribution in [0.4, 0.5) is 23.2 Å². The highest BCUT2D eigenvalue weighted by molar-refractivity contribution is 5.95. The quantitative estimate of drug-likeness (QED) is 0.642. The van der Waals surface area contributed by atoms with Crippen molar-refractivity contribution in [3.8, 4) is 5.75 Å². The average molecular weight is 281 g/mol. The molecule has 0 aromatic heterocycles. The fraction of sp³-hybridized carbons (Fsp3) is 0.364. The van der Waals surface area contributed by atoms with Crippen molar-refractivity contribution in [1.29, 1.82) is 0 Å². The summed E-state index contributed by atoms with van der Waals surface area (Å²) in [6, 6.07) is 2.11. The SMILES string of the molecule is Cc1cc(OCC(F)(F)C(F)F)cc(C(=O)O)c1N. The van der Waals surface area contributed by atoms with E-state index in [9.17, 15) is 22.4 Å². The first-order valence-corrected chi connectivity index (χ1v) is 5.07. The van der Waals surface area contributed by atoms with Gasteiger partial charge in [-0.25, -0.2) is 13.6 Å². The molecule has 0 saturated heterocycles. The van der Waals surface area contributed by atoms with Crippen molar-refractivity contribution in [2.24, 2.45) is 0 Å². The predicted octanol–water partition coefficient (Wildman–Crippen LogP) is 2.55. The minimum absolute atomic E-state index is 0.0412. The molecular weight excluding hydrogens is 270 g/mol. The van der Waals surface area contributed by atoms with Gasteiger partial charge in [0, 0.05) is 5.69 Å². The number of nitrogen functional groups attached to an aromatic ring is 1. The van der Waals surface area contributed by atoms with Gasteiger partial charge in [-0.15, -0.1) is 0 Å². The molecule has 1 aromatic carbocycles. The van der Waals surface area contributed by atoms with Crippen molar-refractivity contribution >= 4 is 11.7 Å². The molecule has 0 spiro atoms. The molecule has 8 heteroatoms. The normalized spacial score (nSPS) is 11.7. The van der Waals surface area contributed by atoms with E-state index >= 15 is 0 Å². The van der Waals surface area contributed by atoms with Crippen molar-refractivity contribution < 1.29 is 32.2 Å². The van der Waals surface area contributed by atoms with Crippen LogP contribution in [0, 0.1) is 6.92 Å². The van der Waals surface area contributed by atoms with E-state index in [0.717, 1.165) is 6.07 Å². The number of hydrogen-bond acceptors (Lipinski definition) is 3. The lowest BCUT2D eigenvalue weighted by Gasteiger charge is -2.17. The number of anilines is 1. The predicted molar refractivity (Wildman–Crippen MR) is 59.0 cm³/mol. The second kappa shape index (κ2) is 5.33. The fourth-order valence-electron chi connectivity index (χ4n) is 1.27. The zero-order valence-corrected chi connectivity index (χ0v) is 9.79. The highest BCUT2D eigenvalue weighted by atomic mass is 19.3. The smallest absolute Gasteiger partial charge is 0.340 e. The summed E-state index contributed by atoms with van der Waals surface area (Å²) in [7, 11) is 0. The van der Waals surface area contributed by atoms with Gasteiger partial charge >= 0.3 is 18.3 Å². The zero-order valence-electron chi connectivity index (χ0n) is 9.79. The molecule has 0 radical (unpaired) electrons. The molecule has 0 heterocycles. The van der Waals surface area contributed by atoms with Gasteiger partial charge in [0.25, 0.3) is 0 Å². The third-order valence-corrected chi connectivity index (χ3v) is 2.34. The van der Waals surface area contributed by atoms with Gasteiger partial charge in [0.1, 0.15) is 5.75 Å². The van der Waals surface area contributed by atoms with Crippen molar-refractivity contribution in [3.05, 3.63) is 23.3 Å². The van der Waals surface area contributed by atoms with Gasteiger partial charge in [0.15, 0.2) is 6.61 Å². The summed E-state index contributed by atoms with van der Waals surface area (Å²) in [5.74, 6) is -5.94. The number of carboxylic acid groups (broad SMARTS) is 1. The van der Waals surface area contributed by atoms with Gasteiger partial charge in [-0.2, -0.15) is 8.78 Å². The number of alkyl halides is 4. The summed E-state index contributed by atoms with van der Waals surface area (Å²) in [6.07, 6.45) is -3.86. The lowest BCUT2D eigenvalue weighted by Crippen LogP contribution is -2.33. The van der Waals surface area contributed by atoms with E-state index in [2.05, 4.69) is 4.74 Å². The highest BCUT2D eigenvalue weighted by Gasteiger charge is 2.41. The Balaban J connectivity index is 2.95. The molecule has 0 saturated carbocycles. The van der Waals surface area contributed by atoms with E-state index < -0.39 is 24.9 Å². The molecule has 0 bridgehead atoms. The number of halogens is 4. The molecular formula is C11H11F4NO3. The Bertz CT molecular complexity index is 491. The number of benzene rings is 1. The van der Waals surface area contributed by atoms with E-state index in [0.29, 0.717) is 0 Å². The number of rotatable bonds is 5. The number of ether oxygens (including phenoxy) is 1. The average Bonchev–Trinajstić information content (AvgIpc) is 2.30. The van der Waals surface area contributed by atoms with Crippen LogP contribution in [0.3, 0.4) is 0 Å². The first kappa shape index (κ1) is 15.1. The maximum atomic E-state index is 12.7. The van der Waals surface area contributed by atoms with E-state index in [-0.39, 0.29) is 22.6 Å². The Kier molecular flexibility index (Phi) is 4.23. The van der Waals surface area contributed by atoms with Crippen LogP contribution in [0.2, 0.25) is 0 Å². The summed E-state index contributed by atoms with van der Waals surface area (Å²) in [5.41, 5.74) is 5.39. The first-order valence-electron chi connectivity index (χ1n) is 5.07. The third kappa shape index (κ3) is 3.49. The molecule has 106 valence electrons. The van der Waals surface area contributed by atoms with E-state index in [4.69, 9.17) is 10.8 Å². The first-order chi connectivity index (χ1) is 8.65. The van der Waals surface area contributed by atoms with E-state index in [1.54, 1.807) is 0 Å². The summed E-state index contributed by atoms with van der Waals surface area (Å²) in [5, 5.41) is 8.83. The molecule has 19 heavy (non-hydrogen) atoms. The number of carboxylic acids is 1. The van der Waals surface area contributed by atoms with Crippen LogP contribution in [-0.4, -0.2) is 30.0 Å². The highest BCUT2D eigenvalue weighted by Crippen LogP contribution is 2.28. The summed E-state index contributed by atoms with van der Waals surface area (Å²) in [6.45, 7) is -0.104. The fourth-order valence-corrected chi connectivity index (χ4v) is 1.27. The van der Waals surface area contributed by atoms with Gasteiger partial charge in [0.2, 0.25) is 0 Å². The second-order valence-electron chi connectivity index (χ2n) is 3.86. The Morgan fingerprint density at radius 2 is 2.05 bits per heavy atom. The molecule has 0 aliphatic rings. The molecule has 4 nitrogen and oxygen atoms in total. The van der Waals surface area contributed by atoms with Crippen molar-refractivity contribution in [1.82, 2.24) is 0 Å². The van der Waals surface area contributed by atoms with Crippen LogP contribution >= 0.6 is 0 Å². The van der Waals surface area contributed by atoms with Crippen LogP contribution in [-0.2, 0) is 0 Å². The van der Waals surface area contributed by atoms with E-state index in [1.165, 1.54) is 13.0 Å². The van der Waals surface area contributed by atoms with Crippen molar-refractivity contribution in [2.45, 2.75) is 19.3 Å². The molecule has 0 amide bonds. The second-order valence-corrected chi connectivity index (χ2v) is 3.86. The Hall–Kier alpha value is -1.99. The van der Waals surface area contributed by atoms with Crippen LogP contribution in [0.15, 0.2) is 12.1 Å². The van der Waals surface area contributed by atoms with Gasteiger partial charge < -0.3 is 15.6 Å². The lowest BCUT2D eigenvalue weighted by atomic mass is 10.1. The molecule has 1 rings (SSSR count). The topological polar surface area (TPSA) is 72.5 Å². The molecule has 0 fully saturated rings. The summed E-state index contributed by atoms with van der Waals surface area (Å²) in [4.78, 5) is 10.8. The van der Waals surface area contributed by atoms with Crippen LogP contribution in [0.1, 0.15) is 15.9 Å². The third-order valence-electron chi connectivity index (χ3n) is 2.34. The number of carbonyl (C=O) groups is 1. The Morgan fingerprint density at radius 3 is 2.53 bits per heavy atom. The minimum atomic E-state index is -4.31. The molecule has 0 aliphatic carbocycles. The Labute approximate surface area is 105 Å². The van der Waals surface area contributed by atoms with Crippen LogP contribution in [0.25, 0.3) is 0 Å². The van der Waals surface area contributed by atoms with Gasteiger partial charge in [-0.1, -0.05) is 0 Å². The van der Waals surface area contributed by atoms with Crippen molar-refractivity contribution in [3.63, 3.8) is 0 Å². The zero-order chi connectivity index (χ0) is 14.8. The monoisotopic (exact) mass is 281 g/mol. The van der Waals surface area contributed by atoms with E-state index in [1.807, 2.05) is 0 Å². The molecule has 1 aromatic rings. The van der Waals surface area contributed by atoms with Crippen LogP contribution in [0.5, 0.6) is 5.75 Å². The number of hydrogen-bond donors (Lipinski definition) is 2. The molecule has 3 N–H and O–H groups in total.